The van der Waals surface area contributed by atoms with Gasteiger partial charge in [0.1, 0.15) is 0 Å². The molecular weight excluding hydrogens is 240 g/mol. The van der Waals surface area contributed by atoms with Crippen LogP contribution in [0.2, 0.25) is 0 Å². The van der Waals surface area contributed by atoms with E-state index < -0.39 is 0 Å². The van der Waals surface area contributed by atoms with Gasteiger partial charge in [0.05, 0.1) is 6.10 Å². The molecular formula is C15H22N2O2. The molecule has 104 valence electrons. The van der Waals surface area contributed by atoms with Crippen molar-refractivity contribution in [2.75, 3.05) is 11.9 Å². The predicted octanol–water partition coefficient (Wildman–Crippen LogP) is 2.67. The predicted molar refractivity (Wildman–Crippen MR) is 76.2 cm³/mol. The van der Waals surface area contributed by atoms with E-state index >= 15 is 0 Å². The third kappa shape index (κ3) is 4.24. The molecule has 1 aromatic carbocycles. The molecule has 1 fully saturated rings. The number of carbonyl (C=O) groups is 1. The second kappa shape index (κ2) is 6.57. The SMILES string of the molecule is Cc1cccc(NC(=O)NC[C@H]2CCCC[C@H]2O)c1. The number of aryl methyl sites for hydroxylation is 1. The van der Waals surface area contributed by atoms with Gasteiger partial charge in [0.15, 0.2) is 0 Å². The third-order valence-electron chi connectivity index (χ3n) is 3.67. The summed E-state index contributed by atoms with van der Waals surface area (Å²) in [4.78, 5) is 11.8. The Hall–Kier alpha value is -1.55. The Morgan fingerprint density at radius 1 is 1.37 bits per heavy atom. The molecule has 2 atom stereocenters. The number of aliphatic hydroxyl groups excluding tert-OH is 1. The van der Waals surface area contributed by atoms with E-state index in [2.05, 4.69) is 10.6 Å². The van der Waals surface area contributed by atoms with E-state index in [-0.39, 0.29) is 18.1 Å². The first-order chi connectivity index (χ1) is 9.15. The maximum absolute atomic E-state index is 11.8. The summed E-state index contributed by atoms with van der Waals surface area (Å²) < 4.78 is 0. The van der Waals surface area contributed by atoms with Gasteiger partial charge in [0.2, 0.25) is 0 Å². The van der Waals surface area contributed by atoms with Crippen LogP contribution in [0.5, 0.6) is 0 Å². The fraction of sp³-hybridized carbons (Fsp3) is 0.533. The lowest BCUT2D eigenvalue weighted by atomic mass is 9.86. The van der Waals surface area contributed by atoms with Crippen LogP contribution in [0.3, 0.4) is 0 Å². The zero-order chi connectivity index (χ0) is 13.7. The molecule has 1 saturated carbocycles. The molecule has 4 nitrogen and oxygen atoms in total. The summed E-state index contributed by atoms with van der Waals surface area (Å²) >= 11 is 0. The van der Waals surface area contributed by atoms with Crippen molar-refractivity contribution in [3.05, 3.63) is 29.8 Å². The smallest absolute Gasteiger partial charge is 0.319 e. The summed E-state index contributed by atoms with van der Waals surface area (Å²) in [6, 6.07) is 7.48. The van der Waals surface area contributed by atoms with E-state index in [4.69, 9.17) is 0 Å². The van der Waals surface area contributed by atoms with Crippen LogP contribution in [0.25, 0.3) is 0 Å². The third-order valence-corrected chi connectivity index (χ3v) is 3.67. The standard InChI is InChI=1S/C15H22N2O2/c1-11-5-4-7-13(9-11)17-15(19)16-10-12-6-2-3-8-14(12)18/h4-5,7,9,12,14,18H,2-3,6,8,10H2,1H3,(H2,16,17,19)/t12-,14-/m1/s1. The van der Waals surface area contributed by atoms with Gasteiger partial charge >= 0.3 is 6.03 Å². The quantitative estimate of drug-likeness (QED) is 0.784. The maximum Gasteiger partial charge on any atom is 0.319 e. The van der Waals surface area contributed by atoms with Crippen LogP contribution in [0.1, 0.15) is 31.2 Å². The first-order valence-electron chi connectivity index (χ1n) is 6.95. The number of urea groups is 1. The van der Waals surface area contributed by atoms with Crippen molar-refractivity contribution in [2.45, 2.75) is 38.7 Å². The Morgan fingerprint density at radius 2 is 2.16 bits per heavy atom. The fourth-order valence-corrected chi connectivity index (χ4v) is 2.55. The van der Waals surface area contributed by atoms with E-state index in [9.17, 15) is 9.90 Å². The number of aliphatic hydroxyl groups is 1. The molecule has 3 N–H and O–H groups in total. The van der Waals surface area contributed by atoms with E-state index in [1.807, 2.05) is 31.2 Å². The molecule has 0 radical (unpaired) electrons. The van der Waals surface area contributed by atoms with Gasteiger partial charge in [0, 0.05) is 18.2 Å². The molecule has 0 aromatic heterocycles. The summed E-state index contributed by atoms with van der Waals surface area (Å²) in [5.41, 5.74) is 1.90. The fourth-order valence-electron chi connectivity index (χ4n) is 2.55. The summed E-state index contributed by atoms with van der Waals surface area (Å²) in [5, 5.41) is 15.5. The first-order valence-corrected chi connectivity index (χ1v) is 6.95. The van der Waals surface area contributed by atoms with E-state index in [0.29, 0.717) is 6.54 Å². The molecule has 0 bridgehead atoms. The topological polar surface area (TPSA) is 61.4 Å². The van der Waals surface area contributed by atoms with Gasteiger partial charge in [-0.25, -0.2) is 4.79 Å². The molecule has 1 aromatic rings. The van der Waals surface area contributed by atoms with E-state index in [1.54, 1.807) is 0 Å². The van der Waals surface area contributed by atoms with Gasteiger partial charge in [-0.1, -0.05) is 25.0 Å². The summed E-state index contributed by atoms with van der Waals surface area (Å²) in [6.07, 6.45) is 3.81. The van der Waals surface area contributed by atoms with Crippen molar-refractivity contribution < 1.29 is 9.90 Å². The highest BCUT2D eigenvalue weighted by Crippen LogP contribution is 2.23. The van der Waals surface area contributed by atoms with Gasteiger partial charge in [0.25, 0.3) is 0 Å². The summed E-state index contributed by atoms with van der Waals surface area (Å²) in [6.45, 7) is 2.53. The lowest BCUT2D eigenvalue weighted by Crippen LogP contribution is -2.38. The molecule has 0 spiro atoms. The molecule has 19 heavy (non-hydrogen) atoms. The van der Waals surface area contributed by atoms with Gasteiger partial charge in [-0.05, 0) is 37.5 Å². The van der Waals surface area contributed by atoms with Crippen molar-refractivity contribution in [3.8, 4) is 0 Å². The van der Waals surface area contributed by atoms with Crippen molar-refractivity contribution in [1.29, 1.82) is 0 Å². The molecule has 0 aliphatic heterocycles. The lowest BCUT2D eigenvalue weighted by molar-refractivity contribution is 0.0712. The number of hydrogen-bond donors (Lipinski definition) is 3. The number of amides is 2. The Morgan fingerprint density at radius 3 is 2.89 bits per heavy atom. The molecule has 0 saturated heterocycles. The van der Waals surface area contributed by atoms with Crippen molar-refractivity contribution >= 4 is 11.7 Å². The molecule has 1 aliphatic rings. The zero-order valence-corrected chi connectivity index (χ0v) is 11.4. The van der Waals surface area contributed by atoms with Gasteiger partial charge in [-0.2, -0.15) is 0 Å². The molecule has 0 heterocycles. The molecule has 2 rings (SSSR count). The van der Waals surface area contributed by atoms with Crippen LogP contribution in [-0.2, 0) is 0 Å². The van der Waals surface area contributed by atoms with Crippen molar-refractivity contribution in [3.63, 3.8) is 0 Å². The largest absolute Gasteiger partial charge is 0.393 e. The first kappa shape index (κ1) is 13.9. The Labute approximate surface area is 114 Å². The van der Waals surface area contributed by atoms with Gasteiger partial charge in [-0.3, -0.25) is 0 Å². The average molecular weight is 262 g/mol. The van der Waals surface area contributed by atoms with Gasteiger partial charge < -0.3 is 15.7 Å². The second-order valence-electron chi connectivity index (χ2n) is 5.32. The molecule has 1 aliphatic carbocycles. The highest BCUT2D eigenvalue weighted by atomic mass is 16.3. The summed E-state index contributed by atoms with van der Waals surface area (Å²) in [5.74, 6) is 0.192. The molecule has 2 amide bonds. The Balaban J connectivity index is 1.78. The number of rotatable bonds is 3. The normalized spacial score (nSPS) is 22.8. The summed E-state index contributed by atoms with van der Waals surface area (Å²) in [7, 11) is 0. The number of anilines is 1. The lowest BCUT2D eigenvalue weighted by Gasteiger charge is -2.27. The van der Waals surface area contributed by atoms with Gasteiger partial charge in [-0.15, -0.1) is 0 Å². The minimum Gasteiger partial charge on any atom is -0.393 e. The zero-order valence-electron chi connectivity index (χ0n) is 11.4. The Kier molecular flexibility index (Phi) is 4.80. The Bertz CT molecular complexity index is 434. The number of carbonyl (C=O) groups excluding carboxylic acids is 1. The number of benzene rings is 1. The average Bonchev–Trinajstić information content (AvgIpc) is 2.38. The van der Waals surface area contributed by atoms with Crippen LogP contribution in [0.15, 0.2) is 24.3 Å². The minimum absolute atomic E-state index is 0.192. The van der Waals surface area contributed by atoms with E-state index in [1.165, 1.54) is 0 Å². The van der Waals surface area contributed by atoms with Crippen LogP contribution >= 0.6 is 0 Å². The number of nitrogens with one attached hydrogen (secondary N) is 2. The minimum atomic E-state index is -0.270. The monoisotopic (exact) mass is 262 g/mol. The molecule has 0 unspecified atom stereocenters. The highest BCUT2D eigenvalue weighted by Gasteiger charge is 2.23. The highest BCUT2D eigenvalue weighted by molar-refractivity contribution is 5.89. The van der Waals surface area contributed by atoms with Crippen molar-refractivity contribution in [1.82, 2.24) is 5.32 Å². The number of hydrogen-bond acceptors (Lipinski definition) is 2. The van der Waals surface area contributed by atoms with Crippen LogP contribution in [0.4, 0.5) is 10.5 Å². The second-order valence-corrected chi connectivity index (χ2v) is 5.32. The molecule has 4 heteroatoms. The van der Waals surface area contributed by atoms with E-state index in [0.717, 1.165) is 36.9 Å². The van der Waals surface area contributed by atoms with Crippen LogP contribution in [-0.4, -0.2) is 23.8 Å². The maximum atomic E-state index is 11.8. The van der Waals surface area contributed by atoms with Crippen LogP contribution in [0, 0.1) is 12.8 Å². The van der Waals surface area contributed by atoms with Crippen LogP contribution < -0.4 is 10.6 Å². The van der Waals surface area contributed by atoms with Crippen molar-refractivity contribution in [2.24, 2.45) is 5.92 Å².